The number of benzene rings is 2. The van der Waals surface area contributed by atoms with Gasteiger partial charge >= 0.3 is 0 Å². The predicted octanol–water partition coefficient (Wildman–Crippen LogP) is 2.93. The SMILES string of the molecule is COc1ccccc1N1CCN(Cc2ccccc2)[C@H](C)C1=O. The number of carbonyl (C=O) groups excluding carboxylic acids is 1. The number of amides is 1. The van der Waals surface area contributed by atoms with Gasteiger partial charge in [0.05, 0.1) is 18.8 Å². The average molecular weight is 310 g/mol. The monoisotopic (exact) mass is 310 g/mol. The summed E-state index contributed by atoms with van der Waals surface area (Å²) in [5.74, 6) is 0.862. The van der Waals surface area contributed by atoms with E-state index in [1.807, 2.05) is 54.3 Å². The molecule has 4 heteroatoms. The lowest BCUT2D eigenvalue weighted by Gasteiger charge is -2.39. The quantitative estimate of drug-likeness (QED) is 0.870. The Bertz CT molecular complexity index is 672. The fourth-order valence-electron chi connectivity index (χ4n) is 3.04. The van der Waals surface area contributed by atoms with Crippen molar-refractivity contribution in [3.63, 3.8) is 0 Å². The number of piperazine rings is 1. The smallest absolute Gasteiger partial charge is 0.244 e. The molecule has 120 valence electrons. The van der Waals surface area contributed by atoms with E-state index in [1.54, 1.807) is 7.11 Å². The van der Waals surface area contributed by atoms with E-state index in [4.69, 9.17) is 4.74 Å². The van der Waals surface area contributed by atoms with E-state index >= 15 is 0 Å². The molecule has 0 aromatic heterocycles. The minimum atomic E-state index is -0.145. The second kappa shape index (κ2) is 6.84. The number of carbonyl (C=O) groups is 1. The van der Waals surface area contributed by atoms with Crippen molar-refractivity contribution in [2.24, 2.45) is 0 Å². The number of ether oxygens (including phenoxy) is 1. The summed E-state index contributed by atoms with van der Waals surface area (Å²) in [6, 6.07) is 17.8. The summed E-state index contributed by atoms with van der Waals surface area (Å²) in [6.07, 6.45) is 0. The molecule has 0 saturated carbocycles. The Morgan fingerprint density at radius 1 is 1.04 bits per heavy atom. The van der Waals surface area contributed by atoms with Gasteiger partial charge in [0.2, 0.25) is 5.91 Å². The van der Waals surface area contributed by atoms with Crippen LogP contribution in [0.1, 0.15) is 12.5 Å². The van der Waals surface area contributed by atoms with Crippen molar-refractivity contribution in [2.45, 2.75) is 19.5 Å². The van der Waals surface area contributed by atoms with Crippen LogP contribution in [0.3, 0.4) is 0 Å². The molecule has 1 saturated heterocycles. The van der Waals surface area contributed by atoms with Gasteiger partial charge in [0.1, 0.15) is 5.75 Å². The normalized spacial score (nSPS) is 19.0. The maximum atomic E-state index is 12.8. The number of hydrogen-bond acceptors (Lipinski definition) is 3. The lowest BCUT2D eigenvalue weighted by Crippen LogP contribution is -2.55. The van der Waals surface area contributed by atoms with Gasteiger partial charge in [-0.25, -0.2) is 0 Å². The number of hydrogen-bond donors (Lipinski definition) is 0. The molecule has 0 bridgehead atoms. The molecule has 1 atom stereocenters. The van der Waals surface area contributed by atoms with Crippen LogP contribution in [0, 0.1) is 0 Å². The number of para-hydroxylation sites is 2. The fourth-order valence-corrected chi connectivity index (χ4v) is 3.04. The summed E-state index contributed by atoms with van der Waals surface area (Å²) < 4.78 is 5.40. The van der Waals surface area contributed by atoms with Gasteiger partial charge < -0.3 is 9.64 Å². The van der Waals surface area contributed by atoms with Crippen molar-refractivity contribution in [3.05, 3.63) is 60.2 Å². The second-order valence-corrected chi connectivity index (χ2v) is 5.79. The van der Waals surface area contributed by atoms with Crippen molar-refractivity contribution >= 4 is 11.6 Å². The maximum absolute atomic E-state index is 12.8. The molecule has 0 N–H and O–H groups in total. The lowest BCUT2D eigenvalue weighted by atomic mass is 10.1. The van der Waals surface area contributed by atoms with Gasteiger partial charge in [-0.3, -0.25) is 9.69 Å². The number of methoxy groups -OCH3 is 1. The molecule has 0 radical (unpaired) electrons. The zero-order valence-electron chi connectivity index (χ0n) is 13.6. The highest BCUT2D eigenvalue weighted by atomic mass is 16.5. The Kier molecular flexibility index (Phi) is 4.63. The van der Waals surface area contributed by atoms with Crippen molar-refractivity contribution in [2.75, 3.05) is 25.1 Å². The van der Waals surface area contributed by atoms with Crippen molar-refractivity contribution < 1.29 is 9.53 Å². The van der Waals surface area contributed by atoms with E-state index in [9.17, 15) is 4.79 Å². The van der Waals surface area contributed by atoms with Crippen LogP contribution in [0.5, 0.6) is 5.75 Å². The highest BCUT2D eigenvalue weighted by Gasteiger charge is 2.33. The van der Waals surface area contributed by atoms with Crippen molar-refractivity contribution in [1.82, 2.24) is 4.90 Å². The van der Waals surface area contributed by atoms with Crippen LogP contribution in [0.4, 0.5) is 5.69 Å². The molecule has 1 amide bonds. The first-order valence-corrected chi connectivity index (χ1v) is 7.93. The molecule has 0 spiro atoms. The van der Waals surface area contributed by atoms with Gasteiger partial charge in [-0.1, -0.05) is 42.5 Å². The van der Waals surface area contributed by atoms with Gasteiger partial charge in [0.25, 0.3) is 0 Å². The molecule has 1 aliphatic rings. The molecule has 4 nitrogen and oxygen atoms in total. The molecular weight excluding hydrogens is 288 g/mol. The molecule has 1 fully saturated rings. The summed E-state index contributed by atoms with van der Waals surface area (Å²) in [5, 5.41) is 0. The van der Waals surface area contributed by atoms with Crippen LogP contribution >= 0.6 is 0 Å². The van der Waals surface area contributed by atoms with Crippen LogP contribution in [0.2, 0.25) is 0 Å². The van der Waals surface area contributed by atoms with E-state index in [0.717, 1.165) is 24.5 Å². The number of nitrogens with zero attached hydrogens (tertiary/aromatic N) is 2. The summed E-state index contributed by atoms with van der Waals surface area (Å²) >= 11 is 0. The first-order valence-electron chi connectivity index (χ1n) is 7.93. The third kappa shape index (κ3) is 3.22. The van der Waals surface area contributed by atoms with Crippen LogP contribution in [0.25, 0.3) is 0 Å². The van der Waals surface area contributed by atoms with Crippen LogP contribution in [0.15, 0.2) is 54.6 Å². The standard InChI is InChI=1S/C19H22N2O2/c1-15-19(22)21(17-10-6-7-11-18(17)23-2)13-12-20(15)14-16-8-4-3-5-9-16/h3-11,15H,12-14H2,1-2H3/t15-/m1/s1. The van der Waals surface area contributed by atoms with Gasteiger partial charge in [-0.2, -0.15) is 0 Å². The van der Waals surface area contributed by atoms with E-state index < -0.39 is 0 Å². The zero-order chi connectivity index (χ0) is 16.2. The molecular formula is C19H22N2O2. The van der Waals surface area contributed by atoms with E-state index in [-0.39, 0.29) is 11.9 Å². The maximum Gasteiger partial charge on any atom is 0.244 e. The van der Waals surface area contributed by atoms with Gasteiger partial charge in [0.15, 0.2) is 0 Å². The first kappa shape index (κ1) is 15.6. The Hall–Kier alpha value is -2.33. The summed E-state index contributed by atoms with van der Waals surface area (Å²) in [4.78, 5) is 16.9. The number of rotatable bonds is 4. The second-order valence-electron chi connectivity index (χ2n) is 5.79. The molecule has 0 unspecified atom stereocenters. The average Bonchev–Trinajstić information content (AvgIpc) is 2.60. The molecule has 1 aliphatic heterocycles. The Morgan fingerprint density at radius 3 is 2.48 bits per heavy atom. The van der Waals surface area contributed by atoms with Crippen LogP contribution in [-0.4, -0.2) is 37.0 Å². The van der Waals surface area contributed by atoms with E-state index in [1.165, 1.54) is 5.56 Å². The Labute approximate surface area is 137 Å². The van der Waals surface area contributed by atoms with Gasteiger partial charge in [-0.15, -0.1) is 0 Å². The lowest BCUT2D eigenvalue weighted by molar-refractivity contribution is -0.125. The Morgan fingerprint density at radius 2 is 1.74 bits per heavy atom. The fraction of sp³-hybridized carbons (Fsp3) is 0.316. The third-order valence-corrected chi connectivity index (χ3v) is 4.39. The molecule has 2 aromatic carbocycles. The zero-order valence-corrected chi connectivity index (χ0v) is 13.6. The molecule has 2 aromatic rings. The van der Waals surface area contributed by atoms with Crippen LogP contribution in [-0.2, 0) is 11.3 Å². The molecule has 3 rings (SSSR count). The number of anilines is 1. The molecule has 23 heavy (non-hydrogen) atoms. The molecule has 1 heterocycles. The van der Waals surface area contributed by atoms with Crippen LogP contribution < -0.4 is 9.64 Å². The summed E-state index contributed by atoms with van der Waals surface area (Å²) in [5.41, 5.74) is 2.09. The van der Waals surface area contributed by atoms with E-state index in [2.05, 4.69) is 17.0 Å². The van der Waals surface area contributed by atoms with Crippen molar-refractivity contribution in [1.29, 1.82) is 0 Å². The van der Waals surface area contributed by atoms with E-state index in [0.29, 0.717) is 6.54 Å². The Balaban J connectivity index is 1.76. The molecule has 0 aliphatic carbocycles. The largest absolute Gasteiger partial charge is 0.495 e. The minimum Gasteiger partial charge on any atom is -0.495 e. The van der Waals surface area contributed by atoms with Gasteiger partial charge in [0, 0.05) is 19.6 Å². The van der Waals surface area contributed by atoms with Crippen molar-refractivity contribution in [3.8, 4) is 5.75 Å². The summed E-state index contributed by atoms with van der Waals surface area (Å²) in [7, 11) is 1.64. The third-order valence-electron chi connectivity index (χ3n) is 4.39. The minimum absolute atomic E-state index is 0.122. The first-order chi connectivity index (χ1) is 11.2. The summed E-state index contributed by atoms with van der Waals surface area (Å²) in [6.45, 7) is 4.30. The van der Waals surface area contributed by atoms with Gasteiger partial charge in [-0.05, 0) is 24.6 Å². The highest BCUT2D eigenvalue weighted by molar-refractivity contribution is 5.98. The predicted molar refractivity (Wildman–Crippen MR) is 91.7 cm³/mol. The topological polar surface area (TPSA) is 32.8 Å². The highest BCUT2D eigenvalue weighted by Crippen LogP contribution is 2.30.